The highest BCUT2D eigenvalue weighted by molar-refractivity contribution is 5.50. The van der Waals surface area contributed by atoms with E-state index in [1.165, 1.54) is 42.5 Å². The summed E-state index contributed by atoms with van der Waals surface area (Å²) in [4.78, 5) is 0. The van der Waals surface area contributed by atoms with Gasteiger partial charge in [0.2, 0.25) is 0 Å². The second-order valence-corrected chi connectivity index (χ2v) is 5.33. The van der Waals surface area contributed by atoms with Gasteiger partial charge in [0, 0.05) is 18.8 Å². The van der Waals surface area contributed by atoms with Crippen LogP contribution in [0.5, 0.6) is 0 Å². The highest BCUT2D eigenvalue weighted by atomic mass is 16.5. The van der Waals surface area contributed by atoms with Crippen molar-refractivity contribution in [2.75, 3.05) is 12.4 Å². The maximum Gasteiger partial charge on any atom is 0.0725 e. The highest BCUT2D eigenvalue weighted by Crippen LogP contribution is 2.27. The number of hydrogen-bond donors (Lipinski definition) is 1. The van der Waals surface area contributed by atoms with Crippen molar-refractivity contribution in [1.29, 1.82) is 0 Å². The lowest BCUT2D eigenvalue weighted by Gasteiger charge is -2.29. The maximum absolute atomic E-state index is 5.44. The number of hydrogen-bond acceptors (Lipinski definition) is 3. The smallest absolute Gasteiger partial charge is 0.0725 e. The van der Waals surface area contributed by atoms with Crippen LogP contribution in [0.1, 0.15) is 36.8 Å². The Balaban J connectivity index is 1.60. The van der Waals surface area contributed by atoms with E-state index < -0.39 is 0 Å². The van der Waals surface area contributed by atoms with Crippen LogP contribution in [0.4, 0.5) is 5.69 Å². The number of nitrogens with one attached hydrogen (secondary N) is 1. The van der Waals surface area contributed by atoms with E-state index >= 15 is 0 Å². The van der Waals surface area contributed by atoms with E-state index in [1.54, 1.807) is 0 Å². The predicted octanol–water partition coefficient (Wildman–Crippen LogP) is 3.09. The van der Waals surface area contributed by atoms with Crippen molar-refractivity contribution in [1.82, 2.24) is 0 Å². The third kappa shape index (κ3) is 2.52. The highest BCUT2D eigenvalue weighted by Gasteiger charge is 2.21. The molecule has 18 heavy (non-hydrogen) atoms. The predicted molar refractivity (Wildman–Crippen MR) is 71.6 cm³/mol. The number of fused-ring (bicyclic) bond motifs is 1. The zero-order valence-corrected chi connectivity index (χ0v) is 10.9. The summed E-state index contributed by atoms with van der Waals surface area (Å²) in [7, 11) is 1.82. The van der Waals surface area contributed by atoms with Crippen molar-refractivity contribution in [2.45, 2.75) is 51.0 Å². The minimum absolute atomic E-state index is 0.469. The molecule has 3 nitrogen and oxygen atoms in total. The number of ether oxygens (including phenoxy) is 2. The molecular weight excluding hydrogens is 226 g/mol. The number of methoxy groups -OCH3 is 1. The first-order valence-electron chi connectivity index (χ1n) is 6.84. The van der Waals surface area contributed by atoms with Gasteiger partial charge in [-0.2, -0.15) is 0 Å². The Hall–Kier alpha value is -1.06. The zero-order valence-electron chi connectivity index (χ0n) is 10.9. The lowest BCUT2D eigenvalue weighted by Crippen LogP contribution is -2.29. The molecule has 3 heteroatoms. The summed E-state index contributed by atoms with van der Waals surface area (Å²) < 4.78 is 10.9. The molecule has 1 aromatic carbocycles. The summed E-state index contributed by atoms with van der Waals surface area (Å²) in [5.41, 5.74) is 3.91. The summed E-state index contributed by atoms with van der Waals surface area (Å²) in [5.74, 6) is 0. The van der Waals surface area contributed by atoms with Crippen LogP contribution in [0.3, 0.4) is 0 Å². The molecule has 1 aromatic rings. The van der Waals surface area contributed by atoms with Crippen LogP contribution >= 0.6 is 0 Å². The summed E-state index contributed by atoms with van der Waals surface area (Å²) >= 11 is 0. The molecule has 0 amide bonds. The van der Waals surface area contributed by atoms with E-state index in [0.717, 1.165) is 13.2 Å². The molecule has 1 heterocycles. The molecule has 1 saturated carbocycles. The Kier molecular flexibility index (Phi) is 3.52. The van der Waals surface area contributed by atoms with E-state index in [-0.39, 0.29) is 0 Å². The first-order valence-corrected chi connectivity index (χ1v) is 6.84. The molecule has 1 aliphatic carbocycles. The summed E-state index contributed by atoms with van der Waals surface area (Å²) in [5, 5.41) is 3.64. The average Bonchev–Trinajstić information content (AvgIpc) is 2.87. The first-order chi connectivity index (χ1) is 8.85. The molecule has 3 rings (SSSR count). The van der Waals surface area contributed by atoms with Gasteiger partial charge in [-0.25, -0.2) is 0 Å². The van der Waals surface area contributed by atoms with Gasteiger partial charge < -0.3 is 14.8 Å². The lowest BCUT2D eigenvalue weighted by atomic mass is 9.92. The molecule has 0 spiro atoms. The maximum atomic E-state index is 5.44. The van der Waals surface area contributed by atoms with Gasteiger partial charge in [0.25, 0.3) is 0 Å². The van der Waals surface area contributed by atoms with Gasteiger partial charge in [-0.3, -0.25) is 0 Å². The van der Waals surface area contributed by atoms with Gasteiger partial charge in [0.05, 0.1) is 19.3 Å². The van der Waals surface area contributed by atoms with Crippen molar-refractivity contribution in [3.63, 3.8) is 0 Å². The van der Waals surface area contributed by atoms with E-state index in [9.17, 15) is 0 Å². The van der Waals surface area contributed by atoms with Crippen LogP contribution in [-0.4, -0.2) is 19.3 Å². The summed E-state index contributed by atoms with van der Waals surface area (Å²) in [6.07, 6.45) is 5.21. The molecule has 0 unspecified atom stereocenters. The first kappa shape index (κ1) is 12.0. The molecule has 1 aliphatic heterocycles. The normalized spacial score (nSPS) is 26.9. The zero-order chi connectivity index (χ0) is 12.4. The molecule has 0 aromatic heterocycles. The fraction of sp³-hybridized carbons (Fsp3) is 0.600. The fourth-order valence-corrected chi connectivity index (χ4v) is 2.94. The number of benzene rings is 1. The topological polar surface area (TPSA) is 30.5 Å². The van der Waals surface area contributed by atoms with Crippen LogP contribution in [0.2, 0.25) is 0 Å². The minimum Gasteiger partial charge on any atom is -0.382 e. The Bertz CT molecular complexity index is 411. The van der Waals surface area contributed by atoms with E-state index in [0.29, 0.717) is 12.1 Å². The Morgan fingerprint density at radius 1 is 1.11 bits per heavy atom. The van der Waals surface area contributed by atoms with E-state index in [4.69, 9.17) is 9.47 Å². The van der Waals surface area contributed by atoms with Crippen LogP contribution in [0.15, 0.2) is 18.2 Å². The van der Waals surface area contributed by atoms with Gasteiger partial charge in [-0.05, 0) is 48.9 Å². The van der Waals surface area contributed by atoms with E-state index in [1.807, 2.05) is 7.11 Å². The molecule has 2 aliphatic rings. The van der Waals surface area contributed by atoms with Crippen LogP contribution in [0.25, 0.3) is 0 Å². The largest absolute Gasteiger partial charge is 0.382 e. The summed E-state index contributed by atoms with van der Waals surface area (Å²) in [6.45, 7) is 1.54. The van der Waals surface area contributed by atoms with Crippen LogP contribution < -0.4 is 5.32 Å². The van der Waals surface area contributed by atoms with Gasteiger partial charge in [0.15, 0.2) is 0 Å². The quantitative estimate of drug-likeness (QED) is 0.890. The van der Waals surface area contributed by atoms with Crippen LogP contribution in [-0.2, 0) is 22.7 Å². The summed E-state index contributed by atoms with van der Waals surface area (Å²) in [6, 6.07) is 7.20. The third-order valence-corrected chi connectivity index (χ3v) is 4.10. The average molecular weight is 247 g/mol. The molecule has 1 N–H and O–H groups in total. The molecular formula is C15H21NO2. The Labute approximate surface area is 108 Å². The Morgan fingerprint density at radius 3 is 2.67 bits per heavy atom. The van der Waals surface area contributed by atoms with Gasteiger partial charge in [-0.15, -0.1) is 0 Å². The third-order valence-electron chi connectivity index (χ3n) is 4.10. The molecule has 0 saturated heterocycles. The lowest BCUT2D eigenvalue weighted by molar-refractivity contribution is 0.0682. The minimum atomic E-state index is 0.469. The second-order valence-electron chi connectivity index (χ2n) is 5.33. The number of rotatable bonds is 3. The fourth-order valence-electron chi connectivity index (χ4n) is 2.94. The van der Waals surface area contributed by atoms with Crippen molar-refractivity contribution >= 4 is 5.69 Å². The standard InChI is InChI=1S/C15H21NO2/c1-17-15-6-4-13(5-7-15)16-14-3-2-11-9-18-10-12(11)8-14/h2-3,8,13,15-16H,4-7,9-10H2,1H3. The van der Waals surface area contributed by atoms with Gasteiger partial charge in [0.1, 0.15) is 0 Å². The van der Waals surface area contributed by atoms with Crippen molar-refractivity contribution in [3.05, 3.63) is 29.3 Å². The van der Waals surface area contributed by atoms with Crippen molar-refractivity contribution < 1.29 is 9.47 Å². The SMILES string of the molecule is COC1CCC(Nc2ccc3c(c2)COC3)CC1. The van der Waals surface area contributed by atoms with Crippen molar-refractivity contribution in [3.8, 4) is 0 Å². The molecule has 0 atom stereocenters. The van der Waals surface area contributed by atoms with Crippen LogP contribution in [0, 0.1) is 0 Å². The monoisotopic (exact) mass is 247 g/mol. The molecule has 0 radical (unpaired) electrons. The van der Waals surface area contributed by atoms with Gasteiger partial charge in [-0.1, -0.05) is 6.07 Å². The Morgan fingerprint density at radius 2 is 1.89 bits per heavy atom. The van der Waals surface area contributed by atoms with Gasteiger partial charge >= 0.3 is 0 Å². The second kappa shape index (κ2) is 5.29. The molecule has 1 fully saturated rings. The molecule has 98 valence electrons. The van der Waals surface area contributed by atoms with Crippen molar-refractivity contribution in [2.24, 2.45) is 0 Å². The molecule has 0 bridgehead atoms. The van der Waals surface area contributed by atoms with E-state index in [2.05, 4.69) is 23.5 Å². The number of anilines is 1.